The highest BCUT2D eigenvalue weighted by atomic mass is 16.6. The number of aryl methyl sites for hydroxylation is 1. The monoisotopic (exact) mass is 430 g/mol. The number of hydrogen-bond donors (Lipinski definition) is 1. The van der Waals surface area contributed by atoms with Crippen molar-refractivity contribution >= 4 is 18.0 Å². The van der Waals surface area contributed by atoms with Crippen LogP contribution in [-0.4, -0.2) is 18.5 Å². The van der Waals surface area contributed by atoms with E-state index < -0.39 is 11.9 Å². The van der Waals surface area contributed by atoms with Gasteiger partial charge in [-0.05, 0) is 61.9 Å². The summed E-state index contributed by atoms with van der Waals surface area (Å²) in [7, 11) is 0. The molecule has 1 aromatic heterocycles. The maximum Gasteiger partial charge on any atom is 0.343 e. The number of esters is 1. The maximum absolute atomic E-state index is 12.5. The van der Waals surface area contributed by atoms with Crippen molar-refractivity contribution in [2.45, 2.75) is 20.4 Å². The molecule has 32 heavy (non-hydrogen) atoms. The van der Waals surface area contributed by atoms with Crippen LogP contribution in [0.25, 0.3) is 6.08 Å². The van der Waals surface area contributed by atoms with E-state index in [9.17, 15) is 14.9 Å². The fourth-order valence-corrected chi connectivity index (χ4v) is 2.81. The third kappa shape index (κ3) is 5.86. The third-order valence-electron chi connectivity index (χ3n) is 4.44. The maximum atomic E-state index is 12.5. The number of nitriles is 1. The van der Waals surface area contributed by atoms with Crippen molar-refractivity contribution in [1.82, 2.24) is 5.32 Å². The van der Waals surface area contributed by atoms with Crippen molar-refractivity contribution in [3.63, 3.8) is 0 Å². The predicted octanol–water partition coefficient (Wildman–Crippen LogP) is 4.43. The molecule has 0 unspecified atom stereocenters. The standard InChI is InChI=1S/C25H22N2O5/c1-3-30-23-14-18(13-20(15-26)24(28)27-16-21-5-4-12-31-21)8-11-22(23)32-25(29)19-9-6-17(2)7-10-19/h4-14H,3,16H2,1-2H3,(H,27,28). The molecular formula is C25H22N2O5. The van der Waals surface area contributed by atoms with Gasteiger partial charge in [0, 0.05) is 0 Å². The first-order valence-electron chi connectivity index (χ1n) is 9.98. The predicted molar refractivity (Wildman–Crippen MR) is 118 cm³/mol. The van der Waals surface area contributed by atoms with Crippen molar-refractivity contribution in [2.24, 2.45) is 0 Å². The second kappa shape index (κ2) is 10.6. The van der Waals surface area contributed by atoms with Crippen LogP contribution in [0.1, 0.15) is 34.2 Å². The smallest absolute Gasteiger partial charge is 0.343 e. The Morgan fingerprint density at radius 3 is 2.56 bits per heavy atom. The molecular weight excluding hydrogens is 408 g/mol. The molecule has 0 saturated heterocycles. The minimum Gasteiger partial charge on any atom is -0.490 e. The van der Waals surface area contributed by atoms with Gasteiger partial charge in [0.15, 0.2) is 11.5 Å². The molecule has 0 saturated carbocycles. The van der Waals surface area contributed by atoms with E-state index in [-0.39, 0.29) is 17.9 Å². The lowest BCUT2D eigenvalue weighted by Gasteiger charge is -2.12. The minimum atomic E-state index is -0.531. The molecule has 7 nitrogen and oxygen atoms in total. The molecule has 0 fully saturated rings. The van der Waals surface area contributed by atoms with Crippen molar-refractivity contribution in [1.29, 1.82) is 5.26 Å². The topological polar surface area (TPSA) is 102 Å². The van der Waals surface area contributed by atoms with Gasteiger partial charge in [-0.25, -0.2) is 4.79 Å². The number of carbonyl (C=O) groups is 2. The van der Waals surface area contributed by atoms with Crippen LogP contribution in [0, 0.1) is 18.3 Å². The number of hydrogen-bond acceptors (Lipinski definition) is 6. The lowest BCUT2D eigenvalue weighted by atomic mass is 10.1. The second-order valence-corrected chi connectivity index (χ2v) is 6.83. The van der Waals surface area contributed by atoms with Crippen LogP contribution in [-0.2, 0) is 11.3 Å². The van der Waals surface area contributed by atoms with Gasteiger partial charge < -0.3 is 19.2 Å². The van der Waals surface area contributed by atoms with Crippen LogP contribution in [0.3, 0.4) is 0 Å². The quantitative estimate of drug-likeness (QED) is 0.246. The number of amides is 1. The zero-order valence-electron chi connectivity index (χ0n) is 17.8. The molecule has 162 valence electrons. The van der Waals surface area contributed by atoms with Gasteiger partial charge in [-0.3, -0.25) is 4.79 Å². The Kier molecular flexibility index (Phi) is 7.44. The summed E-state index contributed by atoms with van der Waals surface area (Å²) in [4.78, 5) is 24.8. The van der Waals surface area contributed by atoms with Gasteiger partial charge in [-0.15, -0.1) is 0 Å². The number of rotatable bonds is 8. The van der Waals surface area contributed by atoms with Gasteiger partial charge in [0.05, 0.1) is 25.0 Å². The van der Waals surface area contributed by atoms with E-state index >= 15 is 0 Å². The van der Waals surface area contributed by atoms with Gasteiger partial charge in [-0.1, -0.05) is 23.8 Å². The molecule has 0 bridgehead atoms. The molecule has 0 radical (unpaired) electrons. The summed E-state index contributed by atoms with van der Waals surface area (Å²) >= 11 is 0. The Morgan fingerprint density at radius 2 is 1.91 bits per heavy atom. The number of ether oxygens (including phenoxy) is 2. The second-order valence-electron chi connectivity index (χ2n) is 6.83. The van der Waals surface area contributed by atoms with E-state index in [1.165, 1.54) is 12.3 Å². The van der Waals surface area contributed by atoms with Crippen LogP contribution >= 0.6 is 0 Å². The zero-order chi connectivity index (χ0) is 22.9. The molecule has 0 aliphatic rings. The average Bonchev–Trinajstić information content (AvgIpc) is 3.31. The Bertz CT molecular complexity index is 1160. The first kappa shape index (κ1) is 22.4. The van der Waals surface area contributed by atoms with Crippen molar-refractivity contribution in [3.05, 3.63) is 88.9 Å². The minimum absolute atomic E-state index is 0.0802. The zero-order valence-corrected chi connectivity index (χ0v) is 17.8. The fourth-order valence-electron chi connectivity index (χ4n) is 2.81. The van der Waals surface area contributed by atoms with Crippen molar-refractivity contribution in [2.75, 3.05) is 6.61 Å². The summed E-state index contributed by atoms with van der Waals surface area (Å²) in [5.74, 6) is 0.111. The molecule has 0 aliphatic carbocycles. The summed E-state index contributed by atoms with van der Waals surface area (Å²) in [5, 5.41) is 12.0. The van der Waals surface area contributed by atoms with Gasteiger partial charge in [0.25, 0.3) is 5.91 Å². The highest BCUT2D eigenvalue weighted by Gasteiger charge is 2.15. The number of nitrogens with zero attached hydrogens (tertiary/aromatic N) is 1. The van der Waals surface area contributed by atoms with Crippen LogP contribution in [0.4, 0.5) is 0 Å². The lowest BCUT2D eigenvalue weighted by molar-refractivity contribution is -0.117. The largest absolute Gasteiger partial charge is 0.490 e. The summed E-state index contributed by atoms with van der Waals surface area (Å²) in [5.41, 5.74) is 1.92. The SMILES string of the molecule is CCOc1cc(C=C(C#N)C(=O)NCc2ccco2)ccc1OC(=O)c1ccc(C)cc1. The molecule has 3 rings (SSSR count). The van der Waals surface area contributed by atoms with Crippen molar-refractivity contribution < 1.29 is 23.5 Å². The Hall–Kier alpha value is -4.31. The first-order valence-corrected chi connectivity index (χ1v) is 9.98. The number of furan rings is 1. The third-order valence-corrected chi connectivity index (χ3v) is 4.44. The molecule has 0 spiro atoms. The number of carbonyl (C=O) groups excluding carboxylic acids is 2. The first-order chi connectivity index (χ1) is 15.5. The molecule has 1 N–H and O–H groups in total. The van der Waals surface area contributed by atoms with Gasteiger partial charge in [-0.2, -0.15) is 5.26 Å². The van der Waals surface area contributed by atoms with E-state index in [1.807, 2.05) is 25.1 Å². The Balaban J connectivity index is 1.77. The normalized spacial score (nSPS) is 10.8. The molecule has 1 amide bonds. The highest BCUT2D eigenvalue weighted by Crippen LogP contribution is 2.30. The van der Waals surface area contributed by atoms with E-state index in [0.29, 0.717) is 29.2 Å². The molecule has 1 heterocycles. The van der Waals surface area contributed by atoms with E-state index in [1.54, 1.807) is 49.4 Å². The van der Waals surface area contributed by atoms with Crippen LogP contribution in [0.2, 0.25) is 0 Å². The van der Waals surface area contributed by atoms with E-state index in [4.69, 9.17) is 13.9 Å². The lowest BCUT2D eigenvalue weighted by Crippen LogP contribution is -2.23. The van der Waals surface area contributed by atoms with Gasteiger partial charge >= 0.3 is 5.97 Å². The van der Waals surface area contributed by atoms with Gasteiger partial charge in [0.2, 0.25) is 0 Å². The molecule has 0 atom stereocenters. The summed E-state index contributed by atoms with van der Waals surface area (Å²) in [6, 6.07) is 17.2. The van der Waals surface area contributed by atoms with Crippen molar-refractivity contribution in [3.8, 4) is 17.6 Å². The molecule has 3 aromatic rings. The summed E-state index contributed by atoms with van der Waals surface area (Å²) < 4.78 is 16.3. The van der Waals surface area contributed by atoms with E-state index in [2.05, 4.69) is 5.32 Å². The number of benzene rings is 2. The summed E-state index contributed by atoms with van der Waals surface area (Å²) in [6.45, 7) is 4.25. The number of nitrogens with one attached hydrogen (secondary N) is 1. The molecule has 0 aliphatic heterocycles. The molecule has 2 aromatic carbocycles. The van der Waals surface area contributed by atoms with Crippen LogP contribution in [0.5, 0.6) is 11.5 Å². The van der Waals surface area contributed by atoms with E-state index in [0.717, 1.165) is 5.56 Å². The average molecular weight is 430 g/mol. The molecule has 7 heteroatoms. The fraction of sp³-hybridized carbons (Fsp3) is 0.160. The van der Waals surface area contributed by atoms with Gasteiger partial charge in [0.1, 0.15) is 17.4 Å². The van der Waals surface area contributed by atoms with Crippen LogP contribution in [0.15, 0.2) is 70.9 Å². The summed E-state index contributed by atoms with van der Waals surface area (Å²) in [6.07, 6.45) is 2.94. The Labute approximate surface area is 185 Å². The van der Waals surface area contributed by atoms with Crippen LogP contribution < -0.4 is 14.8 Å². The highest BCUT2D eigenvalue weighted by molar-refractivity contribution is 6.01. The Morgan fingerprint density at radius 1 is 1.12 bits per heavy atom.